The summed E-state index contributed by atoms with van der Waals surface area (Å²) in [6, 6.07) is 0. The Labute approximate surface area is 111 Å². The van der Waals surface area contributed by atoms with Crippen molar-refractivity contribution in [1.82, 2.24) is 5.32 Å². The summed E-state index contributed by atoms with van der Waals surface area (Å²) in [6.45, 7) is 0. The third kappa shape index (κ3) is 2.44. The first-order valence-electron chi connectivity index (χ1n) is 5.59. The van der Waals surface area contributed by atoms with E-state index in [1.807, 2.05) is 0 Å². The number of fused-ring (bicyclic) bond motifs is 5. The molecule has 112 valence electrons. The van der Waals surface area contributed by atoms with Crippen molar-refractivity contribution in [1.29, 1.82) is 0 Å². The summed E-state index contributed by atoms with van der Waals surface area (Å²) < 4.78 is 57.5. The average molecular weight is 313 g/mol. The first-order valence-corrected chi connectivity index (χ1v) is 7.03. The molecule has 2 bridgehead atoms. The van der Waals surface area contributed by atoms with Gasteiger partial charge in [0.2, 0.25) is 11.8 Å². The topological polar surface area (TPSA) is 101 Å². The van der Waals surface area contributed by atoms with Crippen molar-refractivity contribution >= 4 is 21.9 Å². The van der Waals surface area contributed by atoms with E-state index in [0.717, 1.165) is 6.42 Å². The molecule has 20 heavy (non-hydrogen) atoms. The molecule has 4 unspecified atom stereocenters. The van der Waals surface area contributed by atoms with Crippen LogP contribution >= 0.6 is 0 Å². The molecule has 6 nitrogen and oxygen atoms in total. The molecule has 4 atom stereocenters. The number of nitrogens with one attached hydrogen (secondary N) is 1. The minimum Gasteiger partial charge on any atom is -0.296 e. The van der Waals surface area contributed by atoms with Gasteiger partial charge < -0.3 is 0 Å². The van der Waals surface area contributed by atoms with Crippen LogP contribution in [0.1, 0.15) is 6.42 Å². The number of rotatable bonds is 0. The Kier molecular flexibility index (Phi) is 3.41. The van der Waals surface area contributed by atoms with Crippen LogP contribution in [0.25, 0.3) is 0 Å². The first-order chi connectivity index (χ1) is 9.02. The van der Waals surface area contributed by atoms with Gasteiger partial charge in [0.25, 0.3) is 0 Å². The maximum atomic E-state index is 11.3. The molecular formula is C10H10F3NO5S. The zero-order valence-corrected chi connectivity index (χ0v) is 10.6. The molecule has 1 saturated heterocycles. The number of halogens is 3. The van der Waals surface area contributed by atoms with Gasteiger partial charge in [0.15, 0.2) is 0 Å². The van der Waals surface area contributed by atoms with Gasteiger partial charge in [-0.2, -0.15) is 21.6 Å². The molecule has 3 rings (SSSR count). The van der Waals surface area contributed by atoms with E-state index < -0.39 is 15.6 Å². The molecule has 0 aromatic rings. The van der Waals surface area contributed by atoms with Crippen LogP contribution in [0, 0.1) is 23.7 Å². The maximum Gasteiger partial charge on any atom is 0.522 e. The fraction of sp³-hybridized carbons (Fsp3) is 0.600. The van der Waals surface area contributed by atoms with E-state index in [1.165, 1.54) is 0 Å². The molecule has 2 aliphatic carbocycles. The minimum absolute atomic E-state index is 0.0347. The highest BCUT2D eigenvalue weighted by Crippen LogP contribution is 2.50. The second kappa shape index (κ2) is 4.55. The third-order valence-electron chi connectivity index (χ3n) is 3.60. The Morgan fingerprint density at radius 3 is 1.75 bits per heavy atom. The molecule has 10 heteroatoms. The van der Waals surface area contributed by atoms with Gasteiger partial charge in [-0.15, -0.1) is 0 Å². The number of allylic oxidation sites excluding steroid dienone is 2. The van der Waals surface area contributed by atoms with Crippen molar-refractivity contribution in [2.75, 3.05) is 0 Å². The number of carbonyl (C=O) groups is 2. The van der Waals surface area contributed by atoms with Crippen LogP contribution in [0.4, 0.5) is 13.2 Å². The summed E-state index contributed by atoms with van der Waals surface area (Å²) >= 11 is 0. The molecule has 1 aliphatic heterocycles. The molecule has 0 radical (unpaired) electrons. The van der Waals surface area contributed by atoms with Crippen molar-refractivity contribution in [3.8, 4) is 0 Å². The van der Waals surface area contributed by atoms with E-state index in [0.29, 0.717) is 11.8 Å². The van der Waals surface area contributed by atoms with Gasteiger partial charge in [0.1, 0.15) is 0 Å². The highest BCUT2D eigenvalue weighted by atomic mass is 32.2. The summed E-state index contributed by atoms with van der Waals surface area (Å²) in [5, 5.41) is 2.40. The smallest absolute Gasteiger partial charge is 0.296 e. The SMILES string of the molecule is O=C1NC(=O)C2C3C=CC(C3)C12.O=S(=O)(O)C(F)(F)F. The fourth-order valence-electron chi connectivity index (χ4n) is 2.83. The standard InChI is InChI=1S/C9H9NO2.CHF3O3S/c11-8-6-4-1-2-5(3-4)7(6)9(12)10-8;2-1(3,4)8(5,6)7/h1-2,4-7H,3H2,(H,10,11,12);(H,5,6,7). The molecule has 1 saturated carbocycles. The number of alkyl halides is 3. The van der Waals surface area contributed by atoms with E-state index in [9.17, 15) is 22.8 Å². The van der Waals surface area contributed by atoms with Gasteiger partial charge in [0, 0.05) is 0 Å². The largest absolute Gasteiger partial charge is 0.522 e. The van der Waals surface area contributed by atoms with Crippen LogP contribution in [0.15, 0.2) is 12.2 Å². The molecule has 1 heterocycles. The van der Waals surface area contributed by atoms with Crippen molar-refractivity contribution in [2.24, 2.45) is 23.7 Å². The Morgan fingerprint density at radius 1 is 1.10 bits per heavy atom. The van der Waals surface area contributed by atoms with Crippen molar-refractivity contribution in [2.45, 2.75) is 11.9 Å². The van der Waals surface area contributed by atoms with Crippen LogP contribution in [0.5, 0.6) is 0 Å². The average Bonchev–Trinajstić information content (AvgIpc) is 2.91. The first kappa shape index (κ1) is 15.0. The lowest BCUT2D eigenvalue weighted by molar-refractivity contribution is -0.126. The predicted molar refractivity (Wildman–Crippen MR) is 58.5 cm³/mol. The number of imide groups is 1. The summed E-state index contributed by atoms with van der Waals surface area (Å²) in [6.07, 6.45) is 5.18. The minimum atomic E-state index is -5.84. The Hall–Kier alpha value is -1.42. The lowest BCUT2D eigenvalue weighted by Crippen LogP contribution is -2.25. The molecule has 0 spiro atoms. The van der Waals surface area contributed by atoms with Crippen LogP contribution < -0.4 is 5.32 Å². The molecule has 2 amide bonds. The second-order valence-electron chi connectivity index (χ2n) is 4.77. The highest BCUT2D eigenvalue weighted by molar-refractivity contribution is 7.86. The van der Waals surface area contributed by atoms with Crippen molar-refractivity contribution in [3.05, 3.63) is 12.2 Å². The lowest BCUT2D eigenvalue weighted by Gasteiger charge is -2.14. The fourth-order valence-corrected chi connectivity index (χ4v) is 2.83. The van der Waals surface area contributed by atoms with E-state index in [4.69, 9.17) is 13.0 Å². The Bertz CT molecular complexity index is 554. The van der Waals surface area contributed by atoms with Gasteiger partial charge >= 0.3 is 15.6 Å². The number of hydrogen-bond donors (Lipinski definition) is 2. The van der Waals surface area contributed by atoms with E-state index in [-0.39, 0.29) is 23.7 Å². The van der Waals surface area contributed by atoms with Gasteiger partial charge in [-0.3, -0.25) is 19.5 Å². The lowest BCUT2D eigenvalue weighted by atomic mass is 9.85. The highest BCUT2D eigenvalue weighted by Gasteiger charge is 2.55. The van der Waals surface area contributed by atoms with Crippen LogP contribution in [0.3, 0.4) is 0 Å². The molecule has 2 N–H and O–H groups in total. The second-order valence-corrected chi connectivity index (χ2v) is 6.19. The quantitative estimate of drug-likeness (QED) is 0.293. The monoisotopic (exact) mass is 313 g/mol. The summed E-state index contributed by atoms with van der Waals surface area (Å²) in [5.74, 6) is 0.501. The third-order valence-corrected chi connectivity index (χ3v) is 4.19. The van der Waals surface area contributed by atoms with Gasteiger partial charge in [-0.1, -0.05) is 12.2 Å². The van der Waals surface area contributed by atoms with Crippen molar-refractivity contribution in [3.63, 3.8) is 0 Å². The maximum absolute atomic E-state index is 11.3. The Balaban J connectivity index is 0.000000163. The summed E-state index contributed by atoms with van der Waals surface area (Å²) in [4.78, 5) is 22.6. The van der Waals surface area contributed by atoms with E-state index >= 15 is 0 Å². The van der Waals surface area contributed by atoms with Crippen LogP contribution in [-0.4, -0.2) is 30.3 Å². The number of hydrogen-bond acceptors (Lipinski definition) is 4. The number of carbonyl (C=O) groups excluding carboxylic acids is 2. The molecular weight excluding hydrogens is 303 g/mol. The van der Waals surface area contributed by atoms with Crippen molar-refractivity contribution < 1.29 is 35.7 Å². The van der Waals surface area contributed by atoms with Crippen LogP contribution in [0.2, 0.25) is 0 Å². The van der Waals surface area contributed by atoms with Gasteiger partial charge in [-0.05, 0) is 18.3 Å². The van der Waals surface area contributed by atoms with E-state index in [1.54, 1.807) is 0 Å². The normalized spacial score (nSPS) is 34.6. The molecule has 2 fully saturated rings. The van der Waals surface area contributed by atoms with E-state index in [2.05, 4.69) is 17.5 Å². The molecule has 0 aromatic heterocycles. The molecule has 0 aromatic carbocycles. The van der Waals surface area contributed by atoms with Gasteiger partial charge in [0.05, 0.1) is 11.8 Å². The predicted octanol–water partition coefficient (Wildman–Crippen LogP) is 0.475. The summed E-state index contributed by atoms with van der Waals surface area (Å²) in [7, 11) is -5.84. The Morgan fingerprint density at radius 2 is 1.45 bits per heavy atom. The zero-order chi connectivity index (χ0) is 15.3. The number of amides is 2. The zero-order valence-electron chi connectivity index (χ0n) is 9.79. The van der Waals surface area contributed by atoms with Crippen LogP contribution in [-0.2, 0) is 19.7 Å². The summed E-state index contributed by atoms with van der Waals surface area (Å²) in [5.41, 5.74) is -5.53. The molecule has 3 aliphatic rings. The van der Waals surface area contributed by atoms with Gasteiger partial charge in [-0.25, -0.2) is 0 Å².